The number of ether oxygens (including phenoxy) is 1. The summed E-state index contributed by atoms with van der Waals surface area (Å²) in [5, 5.41) is -0.645. The molecule has 1 aliphatic carbocycles. The van der Waals surface area contributed by atoms with Gasteiger partial charge in [-0.25, -0.2) is 0 Å². The molecule has 0 saturated heterocycles. The Kier molecular flexibility index (Phi) is 4.32. The van der Waals surface area contributed by atoms with Crippen molar-refractivity contribution in [3.05, 3.63) is 24.3 Å². The molecule has 1 saturated carbocycles. The molecule has 0 heterocycles. The van der Waals surface area contributed by atoms with Crippen LogP contribution in [0.15, 0.2) is 24.3 Å². The fourth-order valence-electron chi connectivity index (χ4n) is 2.25. The first-order valence-corrected chi connectivity index (χ1v) is 7.31. The Labute approximate surface area is 124 Å². The van der Waals surface area contributed by atoms with E-state index in [1.54, 1.807) is 12.1 Å². The van der Waals surface area contributed by atoms with Gasteiger partial charge in [0.1, 0.15) is 5.75 Å². The standard InChI is InChI=1S/C14H16BrF2NO2/c1-2-6-13(7-8-13)12(19)18-10-4-3-5-11(9-10)20-14(15,16)17/h3-5,9H,2,6-8H2,1H3,(H,18,19). The second kappa shape index (κ2) is 5.68. The van der Waals surface area contributed by atoms with Crippen molar-refractivity contribution >= 4 is 27.5 Å². The van der Waals surface area contributed by atoms with E-state index in [9.17, 15) is 13.6 Å². The van der Waals surface area contributed by atoms with Crippen molar-refractivity contribution < 1.29 is 18.3 Å². The van der Waals surface area contributed by atoms with Crippen LogP contribution < -0.4 is 10.1 Å². The van der Waals surface area contributed by atoms with Gasteiger partial charge in [0.25, 0.3) is 0 Å². The van der Waals surface area contributed by atoms with Crippen LogP contribution in [-0.4, -0.2) is 10.9 Å². The van der Waals surface area contributed by atoms with Crippen LogP contribution in [0, 0.1) is 5.41 Å². The first-order valence-electron chi connectivity index (χ1n) is 6.52. The van der Waals surface area contributed by atoms with Gasteiger partial charge in [-0.15, -0.1) is 0 Å². The molecule has 2 rings (SSSR count). The minimum Gasteiger partial charge on any atom is -0.424 e. The summed E-state index contributed by atoms with van der Waals surface area (Å²) in [6.07, 6.45) is 3.59. The predicted octanol–water partition coefficient (Wildman–Crippen LogP) is 4.53. The zero-order valence-corrected chi connectivity index (χ0v) is 12.7. The van der Waals surface area contributed by atoms with Crippen LogP contribution in [0.3, 0.4) is 0 Å². The molecule has 20 heavy (non-hydrogen) atoms. The van der Waals surface area contributed by atoms with Gasteiger partial charge in [-0.1, -0.05) is 19.4 Å². The molecule has 0 aliphatic heterocycles. The van der Waals surface area contributed by atoms with E-state index in [0.29, 0.717) is 5.69 Å². The number of hydrogen-bond donors (Lipinski definition) is 1. The molecule has 1 aromatic rings. The van der Waals surface area contributed by atoms with Gasteiger partial charge >= 0.3 is 5.02 Å². The average molecular weight is 348 g/mol. The number of alkyl halides is 3. The highest BCUT2D eigenvalue weighted by atomic mass is 79.9. The van der Waals surface area contributed by atoms with Gasteiger partial charge in [0.2, 0.25) is 5.91 Å². The minimum atomic E-state index is -3.42. The van der Waals surface area contributed by atoms with E-state index in [1.807, 2.05) is 6.92 Å². The Balaban J connectivity index is 2.03. The molecule has 0 unspecified atom stereocenters. The van der Waals surface area contributed by atoms with Crippen LogP contribution in [0.4, 0.5) is 14.5 Å². The molecule has 6 heteroatoms. The van der Waals surface area contributed by atoms with Crippen LogP contribution >= 0.6 is 15.9 Å². The van der Waals surface area contributed by atoms with Crippen molar-refractivity contribution in [2.24, 2.45) is 5.41 Å². The predicted molar refractivity (Wildman–Crippen MR) is 76.1 cm³/mol. The average Bonchev–Trinajstić information content (AvgIpc) is 3.08. The Morgan fingerprint density at radius 3 is 2.75 bits per heavy atom. The normalized spacial score (nSPS) is 16.6. The summed E-state index contributed by atoms with van der Waals surface area (Å²) in [4.78, 5) is 12.2. The lowest BCUT2D eigenvalue weighted by Crippen LogP contribution is -2.24. The maximum absolute atomic E-state index is 12.7. The Morgan fingerprint density at radius 2 is 2.20 bits per heavy atom. The lowest BCUT2D eigenvalue weighted by molar-refractivity contribution is -0.121. The van der Waals surface area contributed by atoms with Crippen molar-refractivity contribution in [2.75, 3.05) is 5.32 Å². The van der Waals surface area contributed by atoms with E-state index in [4.69, 9.17) is 0 Å². The summed E-state index contributed by atoms with van der Waals surface area (Å²) in [6, 6.07) is 6.00. The molecule has 0 radical (unpaired) electrons. The lowest BCUT2D eigenvalue weighted by atomic mass is 9.99. The summed E-state index contributed by atoms with van der Waals surface area (Å²) in [7, 11) is 0. The van der Waals surface area contributed by atoms with Crippen LogP contribution in [0.5, 0.6) is 5.75 Å². The van der Waals surface area contributed by atoms with E-state index in [0.717, 1.165) is 25.7 Å². The molecular weight excluding hydrogens is 332 g/mol. The topological polar surface area (TPSA) is 38.3 Å². The summed E-state index contributed by atoms with van der Waals surface area (Å²) < 4.78 is 29.8. The molecule has 3 nitrogen and oxygen atoms in total. The first-order chi connectivity index (χ1) is 9.35. The highest BCUT2D eigenvalue weighted by Gasteiger charge is 2.48. The van der Waals surface area contributed by atoms with Crippen LogP contribution in [0.1, 0.15) is 32.6 Å². The Morgan fingerprint density at radius 1 is 1.50 bits per heavy atom. The van der Waals surface area contributed by atoms with Gasteiger partial charge in [0.05, 0.1) is 0 Å². The number of anilines is 1. The van der Waals surface area contributed by atoms with Gasteiger partial charge in [0, 0.05) is 33.1 Å². The number of benzene rings is 1. The second-order valence-corrected chi connectivity index (χ2v) is 5.98. The molecule has 0 spiro atoms. The highest BCUT2D eigenvalue weighted by molar-refractivity contribution is 9.09. The van der Waals surface area contributed by atoms with E-state index in [2.05, 4.69) is 26.0 Å². The largest absolute Gasteiger partial charge is 0.459 e. The zero-order valence-electron chi connectivity index (χ0n) is 11.1. The molecule has 1 fully saturated rings. The van der Waals surface area contributed by atoms with E-state index in [1.165, 1.54) is 12.1 Å². The highest BCUT2D eigenvalue weighted by Crippen LogP contribution is 2.50. The molecule has 1 aromatic carbocycles. The summed E-state index contributed by atoms with van der Waals surface area (Å²) in [5.41, 5.74) is 0.206. The van der Waals surface area contributed by atoms with Crippen molar-refractivity contribution in [2.45, 2.75) is 37.6 Å². The molecule has 1 N–H and O–H groups in total. The van der Waals surface area contributed by atoms with Crippen LogP contribution in [0.2, 0.25) is 0 Å². The number of carbonyl (C=O) groups is 1. The smallest absolute Gasteiger partial charge is 0.424 e. The quantitative estimate of drug-likeness (QED) is 0.767. The van der Waals surface area contributed by atoms with E-state index < -0.39 is 5.02 Å². The number of amides is 1. The molecule has 0 atom stereocenters. The Bertz CT molecular complexity index is 498. The maximum Gasteiger partial charge on any atom is 0.459 e. The maximum atomic E-state index is 12.7. The van der Waals surface area contributed by atoms with E-state index in [-0.39, 0.29) is 17.1 Å². The molecule has 1 aliphatic rings. The molecule has 0 aromatic heterocycles. The number of carbonyl (C=O) groups excluding carboxylic acids is 1. The van der Waals surface area contributed by atoms with Crippen molar-refractivity contribution in [3.8, 4) is 5.75 Å². The molecular formula is C14H16BrF2NO2. The Hall–Kier alpha value is -1.17. The third-order valence-electron chi connectivity index (χ3n) is 3.39. The van der Waals surface area contributed by atoms with Gasteiger partial charge in [-0.05, 0) is 31.4 Å². The molecule has 1 amide bonds. The van der Waals surface area contributed by atoms with E-state index >= 15 is 0 Å². The summed E-state index contributed by atoms with van der Waals surface area (Å²) in [5.74, 6) is -0.0490. The van der Waals surface area contributed by atoms with Crippen molar-refractivity contribution in [3.63, 3.8) is 0 Å². The van der Waals surface area contributed by atoms with Gasteiger partial charge in [0.15, 0.2) is 0 Å². The fourth-order valence-corrected chi connectivity index (χ4v) is 2.44. The third-order valence-corrected chi connectivity index (χ3v) is 3.55. The van der Waals surface area contributed by atoms with Gasteiger partial charge < -0.3 is 10.1 Å². The molecule has 0 bridgehead atoms. The van der Waals surface area contributed by atoms with Crippen LogP contribution in [0.25, 0.3) is 0 Å². The van der Waals surface area contributed by atoms with Crippen molar-refractivity contribution in [1.29, 1.82) is 0 Å². The van der Waals surface area contributed by atoms with Crippen LogP contribution in [-0.2, 0) is 4.79 Å². The number of halogens is 3. The van der Waals surface area contributed by atoms with Crippen molar-refractivity contribution in [1.82, 2.24) is 0 Å². The van der Waals surface area contributed by atoms with Gasteiger partial charge in [-0.2, -0.15) is 8.78 Å². The summed E-state index contributed by atoms with van der Waals surface area (Å²) in [6.45, 7) is 2.04. The van der Waals surface area contributed by atoms with Gasteiger partial charge in [-0.3, -0.25) is 4.79 Å². The summed E-state index contributed by atoms with van der Waals surface area (Å²) >= 11 is 2.11. The zero-order chi connectivity index (χ0) is 14.8. The second-order valence-electron chi connectivity index (χ2n) is 5.06. The fraction of sp³-hybridized carbons (Fsp3) is 0.500. The number of hydrogen-bond acceptors (Lipinski definition) is 2. The molecule has 110 valence electrons. The SMILES string of the molecule is CCCC1(C(=O)Nc2cccc(OC(F)(F)Br)c2)CC1. The minimum absolute atomic E-state index is 0.00925. The first kappa shape index (κ1) is 15.2. The number of nitrogens with one attached hydrogen (secondary N) is 1. The third kappa shape index (κ3) is 3.91. The lowest BCUT2D eigenvalue weighted by Gasteiger charge is -2.15. The number of rotatable bonds is 6. The monoisotopic (exact) mass is 347 g/mol.